The van der Waals surface area contributed by atoms with Crippen molar-refractivity contribution in [3.8, 4) is 5.88 Å². The zero-order valence-electron chi connectivity index (χ0n) is 38.7. The SMILES string of the molecule is Cc1ccccc1[C@@H]1CCCN1C1CC2(CCN(c3ccc(C(=O)NS(=O)(=O)c4ccc(NC[C@H]5CC[C@](C)(O)CC5)c([N+](=O)[O-])c4)c(N4c5cc6cc[nH]c6nc5O[C@H]5COC[C@@H]54)c3)CC2)C1. The minimum atomic E-state index is -4.61. The Kier molecular flexibility index (Phi) is 11.4. The molecule has 2 saturated carbocycles. The van der Waals surface area contributed by atoms with E-state index >= 15 is 0 Å². The number of benzene rings is 3. The Morgan fingerprint density at radius 2 is 1.76 bits per heavy atom. The molecular weight excluding hydrogens is 885 g/mol. The van der Waals surface area contributed by atoms with Crippen LogP contribution in [0.1, 0.15) is 98.7 Å². The third-order valence-corrected chi connectivity index (χ3v) is 17.5. The maximum Gasteiger partial charge on any atom is 0.293 e. The van der Waals surface area contributed by atoms with Gasteiger partial charge in [-0.1, -0.05) is 24.3 Å². The van der Waals surface area contributed by atoms with Crippen LogP contribution in [0.5, 0.6) is 5.88 Å². The number of fused-ring (bicyclic) bond motifs is 3. The van der Waals surface area contributed by atoms with Crippen molar-refractivity contribution in [1.29, 1.82) is 0 Å². The molecule has 4 aliphatic heterocycles. The molecule has 11 rings (SSSR count). The van der Waals surface area contributed by atoms with Crippen LogP contribution < -0.4 is 24.6 Å². The number of nitro benzene ring substituents is 1. The van der Waals surface area contributed by atoms with Crippen LogP contribution in [-0.2, 0) is 14.8 Å². The predicted octanol–water partition coefficient (Wildman–Crippen LogP) is 8.14. The number of ether oxygens (including phenoxy) is 2. The number of likely N-dealkylation sites (tertiary alicyclic amines) is 1. The van der Waals surface area contributed by atoms with E-state index in [1.165, 1.54) is 48.9 Å². The average Bonchev–Trinajstić information content (AvgIpc) is 4.11. The number of anilines is 4. The number of aliphatic hydroxyl groups is 1. The number of carbonyl (C=O) groups is 1. The molecule has 5 aromatic rings. The molecule has 0 bridgehead atoms. The molecular formula is C51H60N8O8S. The lowest BCUT2D eigenvalue weighted by molar-refractivity contribution is -0.384. The van der Waals surface area contributed by atoms with Crippen LogP contribution in [0.15, 0.2) is 83.9 Å². The van der Waals surface area contributed by atoms with Gasteiger partial charge in [-0.25, -0.2) is 13.1 Å². The highest BCUT2D eigenvalue weighted by molar-refractivity contribution is 7.90. The predicted molar refractivity (Wildman–Crippen MR) is 259 cm³/mol. The van der Waals surface area contributed by atoms with Gasteiger partial charge in [0.05, 0.1) is 45.9 Å². The molecule has 2 aromatic heterocycles. The van der Waals surface area contributed by atoms with Gasteiger partial charge in [-0.3, -0.25) is 19.8 Å². The van der Waals surface area contributed by atoms with E-state index in [9.17, 15) is 28.4 Å². The molecule has 3 saturated heterocycles. The fourth-order valence-electron chi connectivity index (χ4n) is 12.1. The van der Waals surface area contributed by atoms with Crippen LogP contribution in [-0.4, -0.2) is 102 Å². The number of amides is 1. The van der Waals surface area contributed by atoms with Crippen LogP contribution in [0, 0.1) is 28.4 Å². The van der Waals surface area contributed by atoms with Crippen molar-refractivity contribution in [2.75, 3.05) is 54.5 Å². The molecule has 1 spiro atoms. The lowest BCUT2D eigenvalue weighted by atomic mass is 9.59. The number of carbonyl (C=O) groups excluding carboxylic acids is 1. The van der Waals surface area contributed by atoms with Crippen LogP contribution in [0.25, 0.3) is 11.0 Å². The summed E-state index contributed by atoms with van der Waals surface area (Å²) in [7, 11) is -4.61. The normalized spacial score (nSPS) is 26.0. The molecule has 5 fully saturated rings. The summed E-state index contributed by atoms with van der Waals surface area (Å²) in [5.41, 5.74) is 4.95. The van der Waals surface area contributed by atoms with Crippen LogP contribution in [0.3, 0.4) is 0 Å². The van der Waals surface area contributed by atoms with Crippen molar-refractivity contribution < 1.29 is 32.7 Å². The number of rotatable bonds is 11. The third-order valence-electron chi connectivity index (χ3n) is 16.1. The second-order valence-corrected chi connectivity index (χ2v) is 22.2. The molecule has 3 atom stereocenters. The summed E-state index contributed by atoms with van der Waals surface area (Å²) in [5, 5.41) is 26.7. The first-order valence-electron chi connectivity index (χ1n) is 24.3. The molecule has 68 heavy (non-hydrogen) atoms. The van der Waals surface area contributed by atoms with E-state index in [2.05, 4.69) is 56.0 Å². The van der Waals surface area contributed by atoms with E-state index in [4.69, 9.17) is 14.5 Å². The summed E-state index contributed by atoms with van der Waals surface area (Å²) in [6.07, 6.45) is 11.1. The first kappa shape index (κ1) is 44.7. The number of hydrogen-bond donors (Lipinski definition) is 4. The smallest absolute Gasteiger partial charge is 0.293 e. The monoisotopic (exact) mass is 944 g/mol. The number of nitro groups is 1. The van der Waals surface area contributed by atoms with Gasteiger partial charge in [-0.05, 0) is 150 Å². The van der Waals surface area contributed by atoms with E-state index in [0.29, 0.717) is 73.0 Å². The van der Waals surface area contributed by atoms with Crippen LogP contribution >= 0.6 is 0 Å². The number of aromatic nitrogens is 2. The first-order chi connectivity index (χ1) is 32.7. The maximum absolute atomic E-state index is 14.6. The highest BCUT2D eigenvalue weighted by atomic mass is 32.2. The molecule has 2 aliphatic carbocycles. The molecule has 4 N–H and O–H groups in total. The number of hydrogen-bond acceptors (Lipinski definition) is 13. The van der Waals surface area contributed by atoms with E-state index in [1.54, 1.807) is 12.3 Å². The van der Waals surface area contributed by atoms with E-state index < -0.39 is 43.1 Å². The van der Waals surface area contributed by atoms with E-state index in [-0.39, 0.29) is 23.2 Å². The largest absolute Gasteiger partial charge is 0.468 e. The second kappa shape index (κ2) is 17.3. The number of piperidine rings is 1. The van der Waals surface area contributed by atoms with Crippen molar-refractivity contribution in [3.05, 3.63) is 106 Å². The van der Waals surface area contributed by atoms with Gasteiger partial charge in [0.2, 0.25) is 5.88 Å². The number of aromatic amines is 1. The number of nitrogens with one attached hydrogen (secondary N) is 3. The molecule has 3 aromatic carbocycles. The number of aryl methyl sites for hydroxylation is 1. The van der Waals surface area contributed by atoms with Gasteiger partial charge in [0.15, 0.2) is 0 Å². The second-order valence-electron chi connectivity index (χ2n) is 20.6. The topological polar surface area (TPSA) is 196 Å². The summed E-state index contributed by atoms with van der Waals surface area (Å²) < 4.78 is 42.9. The van der Waals surface area contributed by atoms with E-state index in [1.807, 2.05) is 36.1 Å². The summed E-state index contributed by atoms with van der Waals surface area (Å²) in [5.74, 6) is -0.310. The van der Waals surface area contributed by atoms with Gasteiger partial charge in [0.1, 0.15) is 23.1 Å². The summed E-state index contributed by atoms with van der Waals surface area (Å²) in [6, 6.07) is 22.6. The summed E-state index contributed by atoms with van der Waals surface area (Å²) in [6.45, 7) is 7.94. The zero-order valence-corrected chi connectivity index (χ0v) is 39.5. The van der Waals surface area contributed by atoms with Gasteiger partial charge >= 0.3 is 0 Å². The standard InChI is InChI=1S/C51H60N8O8S/c1-32-6-3-4-7-38(32)41-8-5-21-57(41)36-27-51(28-36)18-22-56(23-19-51)35-9-11-39(42(25-35)58-44-24-34-15-20-52-47(34)54-49(44)67-46-31-66-30-45(46)58)48(60)55-68(64,65)37-10-12-40(43(26-37)59(62)63)53-29-33-13-16-50(2,61)17-14-33/h3-4,6-7,9-12,15,20,24-26,33,36,41,45-46,53,61H,5,8,13-14,16-19,21-23,27-31H2,1-2H3,(H,52,54)(H,55,60)/t33-,41-,45-,46-,50-/m0/s1. The molecule has 0 unspecified atom stereocenters. The van der Waals surface area contributed by atoms with Crippen molar-refractivity contribution in [2.45, 2.75) is 113 Å². The average molecular weight is 945 g/mol. The van der Waals surface area contributed by atoms with E-state index in [0.717, 1.165) is 62.5 Å². The molecule has 17 heteroatoms. The van der Waals surface area contributed by atoms with Crippen LogP contribution in [0.2, 0.25) is 0 Å². The Hall–Kier alpha value is -5.75. The highest BCUT2D eigenvalue weighted by Gasteiger charge is 2.50. The Balaban J connectivity index is 0.861. The van der Waals surface area contributed by atoms with Gasteiger partial charge in [0.25, 0.3) is 21.6 Å². The number of pyridine rings is 1. The summed E-state index contributed by atoms with van der Waals surface area (Å²) >= 11 is 0. The van der Waals surface area contributed by atoms with Crippen LogP contribution in [0.4, 0.5) is 28.4 Å². The first-order valence-corrected chi connectivity index (χ1v) is 25.8. The minimum absolute atomic E-state index is 0.105. The lowest BCUT2D eigenvalue weighted by Gasteiger charge is -2.56. The molecule has 16 nitrogen and oxygen atoms in total. The van der Waals surface area contributed by atoms with Crippen molar-refractivity contribution >= 4 is 55.4 Å². The molecule has 0 radical (unpaired) electrons. The Morgan fingerprint density at radius 3 is 2.54 bits per heavy atom. The minimum Gasteiger partial charge on any atom is -0.468 e. The molecule has 1 amide bonds. The quantitative estimate of drug-likeness (QED) is 0.0733. The number of H-pyrrole nitrogens is 1. The van der Waals surface area contributed by atoms with Gasteiger partial charge in [0, 0.05) is 55.1 Å². The van der Waals surface area contributed by atoms with Crippen molar-refractivity contribution in [3.63, 3.8) is 0 Å². The Labute approximate surface area is 396 Å². The lowest BCUT2D eigenvalue weighted by Crippen LogP contribution is -2.55. The summed E-state index contributed by atoms with van der Waals surface area (Å²) in [4.78, 5) is 41.0. The molecule has 6 aliphatic rings. The number of nitrogens with zero attached hydrogens (tertiary/aromatic N) is 5. The zero-order chi connectivity index (χ0) is 47.0. The Bertz CT molecular complexity index is 2860. The number of sulfonamides is 1. The maximum atomic E-state index is 14.6. The van der Waals surface area contributed by atoms with Crippen molar-refractivity contribution in [1.82, 2.24) is 19.6 Å². The van der Waals surface area contributed by atoms with Gasteiger partial charge < -0.3 is 34.7 Å². The fourth-order valence-corrected chi connectivity index (χ4v) is 13.1. The van der Waals surface area contributed by atoms with Gasteiger partial charge in [-0.15, -0.1) is 0 Å². The van der Waals surface area contributed by atoms with Gasteiger partial charge in [-0.2, -0.15) is 4.98 Å². The highest BCUT2D eigenvalue weighted by Crippen LogP contribution is 2.54. The Morgan fingerprint density at radius 1 is 0.971 bits per heavy atom. The van der Waals surface area contributed by atoms with Crippen molar-refractivity contribution in [2.24, 2.45) is 11.3 Å². The molecule has 358 valence electrons. The third kappa shape index (κ3) is 8.34. The fraction of sp³-hybridized carbons (Fsp3) is 0.490. The molecule has 6 heterocycles.